The van der Waals surface area contributed by atoms with E-state index in [0.717, 1.165) is 22.8 Å². The van der Waals surface area contributed by atoms with Crippen molar-refractivity contribution in [3.8, 4) is 17.3 Å². The van der Waals surface area contributed by atoms with Crippen molar-refractivity contribution in [3.63, 3.8) is 0 Å². The number of rotatable bonds is 3. The van der Waals surface area contributed by atoms with Crippen molar-refractivity contribution in [3.05, 3.63) is 35.2 Å². The number of benzene rings is 1. The van der Waals surface area contributed by atoms with Crippen molar-refractivity contribution < 1.29 is 0 Å². The molecule has 1 unspecified atom stereocenters. The lowest BCUT2D eigenvalue weighted by Crippen LogP contribution is -2.04. The molecule has 1 aliphatic rings. The number of nitriles is 1. The first-order valence-corrected chi connectivity index (χ1v) is 7.93. The fourth-order valence-corrected chi connectivity index (χ4v) is 3.12. The molecule has 1 aromatic carbocycles. The number of aromatic nitrogens is 1. The molecular formula is C16H16N4S. The van der Waals surface area contributed by atoms with Crippen LogP contribution in [0.4, 0.5) is 5.13 Å². The number of thiazole rings is 1. The van der Waals surface area contributed by atoms with Crippen molar-refractivity contribution >= 4 is 22.2 Å². The van der Waals surface area contributed by atoms with Gasteiger partial charge in [-0.25, -0.2) is 4.98 Å². The second-order valence-corrected chi connectivity index (χ2v) is 6.09. The van der Waals surface area contributed by atoms with Crippen molar-refractivity contribution in [1.82, 2.24) is 4.98 Å². The van der Waals surface area contributed by atoms with Crippen LogP contribution in [0.2, 0.25) is 0 Å². The Hall–Kier alpha value is -2.19. The van der Waals surface area contributed by atoms with Crippen LogP contribution >= 0.6 is 11.3 Å². The molecule has 1 aromatic heterocycles. The van der Waals surface area contributed by atoms with Gasteiger partial charge in [-0.2, -0.15) is 10.4 Å². The quantitative estimate of drug-likeness (QED) is 0.860. The fourth-order valence-electron chi connectivity index (χ4n) is 2.46. The largest absolute Gasteiger partial charge is 0.253 e. The number of anilines is 1. The summed E-state index contributed by atoms with van der Waals surface area (Å²) in [6.45, 7) is 2.22. The van der Waals surface area contributed by atoms with Crippen molar-refractivity contribution in [2.24, 2.45) is 11.0 Å². The van der Waals surface area contributed by atoms with Gasteiger partial charge in [-0.1, -0.05) is 19.1 Å². The predicted molar refractivity (Wildman–Crippen MR) is 86.3 cm³/mol. The highest BCUT2D eigenvalue weighted by Gasteiger charge is 2.17. The van der Waals surface area contributed by atoms with Gasteiger partial charge in [0.05, 0.1) is 17.3 Å². The van der Waals surface area contributed by atoms with Gasteiger partial charge in [0.2, 0.25) is 5.13 Å². The molecule has 0 spiro atoms. The SMILES string of the molecule is CC1CCC/C1=N\Nc1nc(-c2ccc(C#N)cc2)cs1. The van der Waals surface area contributed by atoms with E-state index in [2.05, 4.69) is 28.5 Å². The van der Waals surface area contributed by atoms with Crippen LogP contribution in [0.3, 0.4) is 0 Å². The van der Waals surface area contributed by atoms with Crippen molar-refractivity contribution in [1.29, 1.82) is 5.26 Å². The van der Waals surface area contributed by atoms with E-state index in [1.54, 1.807) is 11.3 Å². The average Bonchev–Trinajstić information content (AvgIpc) is 3.14. The number of hydrogen-bond acceptors (Lipinski definition) is 5. The molecule has 106 valence electrons. The first kappa shape index (κ1) is 13.8. The maximum Gasteiger partial charge on any atom is 0.203 e. The maximum atomic E-state index is 8.81. The van der Waals surface area contributed by atoms with E-state index >= 15 is 0 Å². The molecule has 1 saturated carbocycles. The Morgan fingerprint density at radius 2 is 2.19 bits per heavy atom. The first-order chi connectivity index (χ1) is 10.3. The van der Waals surface area contributed by atoms with Crippen LogP contribution in [0.15, 0.2) is 34.7 Å². The second-order valence-electron chi connectivity index (χ2n) is 5.24. The fraction of sp³-hybridized carbons (Fsp3) is 0.312. The lowest BCUT2D eigenvalue weighted by molar-refractivity contribution is 0.727. The van der Waals surface area contributed by atoms with Crippen LogP contribution in [-0.2, 0) is 0 Å². The van der Waals surface area contributed by atoms with Crippen molar-refractivity contribution in [2.45, 2.75) is 26.2 Å². The van der Waals surface area contributed by atoms with Gasteiger partial charge in [-0.3, -0.25) is 5.43 Å². The smallest absolute Gasteiger partial charge is 0.203 e. The van der Waals surface area contributed by atoms with E-state index in [1.807, 2.05) is 29.6 Å². The summed E-state index contributed by atoms with van der Waals surface area (Å²) in [5, 5.41) is 16.1. The van der Waals surface area contributed by atoms with Crippen LogP contribution in [0.25, 0.3) is 11.3 Å². The Morgan fingerprint density at radius 3 is 2.86 bits per heavy atom. The third kappa shape index (κ3) is 3.11. The zero-order valence-electron chi connectivity index (χ0n) is 11.8. The van der Waals surface area contributed by atoms with E-state index in [9.17, 15) is 0 Å². The number of nitrogens with one attached hydrogen (secondary N) is 1. The summed E-state index contributed by atoms with van der Waals surface area (Å²) in [4.78, 5) is 4.54. The lowest BCUT2D eigenvalue weighted by Gasteiger charge is -2.02. The standard InChI is InChI=1S/C16H16N4S/c1-11-3-2-4-14(11)19-20-16-18-15(10-21-16)13-7-5-12(9-17)6-8-13/h5-8,10-11H,2-4H2,1H3,(H,18,20)/b19-14+. The Balaban J connectivity index is 1.72. The molecule has 0 radical (unpaired) electrons. The highest BCUT2D eigenvalue weighted by atomic mass is 32.1. The summed E-state index contributed by atoms with van der Waals surface area (Å²) in [6.07, 6.45) is 3.55. The number of nitrogens with zero attached hydrogens (tertiary/aromatic N) is 3. The average molecular weight is 296 g/mol. The minimum Gasteiger partial charge on any atom is -0.253 e. The highest BCUT2D eigenvalue weighted by Crippen LogP contribution is 2.26. The molecule has 1 aliphatic carbocycles. The summed E-state index contributed by atoms with van der Waals surface area (Å²) < 4.78 is 0. The molecule has 0 aliphatic heterocycles. The Labute approximate surface area is 128 Å². The monoisotopic (exact) mass is 296 g/mol. The third-order valence-electron chi connectivity index (χ3n) is 3.75. The highest BCUT2D eigenvalue weighted by molar-refractivity contribution is 7.14. The van der Waals surface area contributed by atoms with Gasteiger partial charge in [-0.05, 0) is 37.3 Å². The van der Waals surface area contributed by atoms with Crippen LogP contribution in [0.5, 0.6) is 0 Å². The van der Waals surface area contributed by atoms with E-state index < -0.39 is 0 Å². The summed E-state index contributed by atoms with van der Waals surface area (Å²) in [7, 11) is 0. The van der Waals surface area contributed by atoms with E-state index in [0.29, 0.717) is 11.5 Å². The van der Waals surface area contributed by atoms with E-state index in [-0.39, 0.29) is 0 Å². The lowest BCUT2D eigenvalue weighted by atomic mass is 10.1. The molecule has 3 rings (SSSR count). The predicted octanol–water partition coefficient (Wildman–Crippen LogP) is 4.27. The van der Waals surface area contributed by atoms with Gasteiger partial charge in [-0.15, -0.1) is 11.3 Å². The molecule has 1 N–H and O–H groups in total. The van der Waals surface area contributed by atoms with Crippen molar-refractivity contribution in [2.75, 3.05) is 5.43 Å². The molecular weight excluding hydrogens is 280 g/mol. The Bertz CT molecular complexity index is 694. The van der Waals surface area contributed by atoms with Crippen LogP contribution in [-0.4, -0.2) is 10.7 Å². The first-order valence-electron chi connectivity index (χ1n) is 7.05. The summed E-state index contributed by atoms with van der Waals surface area (Å²) in [6, 6.07) is 9.57. The number of hydrazone groups is 1. The minimum absolute atomic E-state index is 0.579. The van der Waals surface area contributed by atoms with E-state index in [4.69, 9.17) is 5.26 Å². The molecule has 0 saturated heterocycles. The molecule has 21 heavy (non-hydrogen) atoms. The zero-order valence-corrected chi connectivity index (χ0v) is 12.7. The Kier molecular flexibility index (Phi) is 3.98. The van der Waals surface area contributed by atoms with Gasteiger partial charge in [0.1, 0.15) is 0 Å². The molecule has 0 amide bonds. The van der Waals surface area contributed by atoms with Crippen LogP contribution in [0, 0.1) is 17.2 Å². The van der Waals surface area contributed by atoms with Gasteiger partial charge in [0.15, 0.2) is 0 Å². The number of hydrogen-bond donors (Lipinski definition) is 1. The minimum atomic E-state index is 0.579. The van der Waals surface area contributed by atoms with Gasteiger partial charge < -0.3 is 0 Å². The summed E-state index contributed by atoms with van der Waals surface area (Å²) >= 11 is 1.54. The molecule has 0 bridgehead atoms. The van der Waals surface area contributed by atoms with Crippen LogP contribution < -0.4 is 5.43 Å². The molecule has 2 aromatic rings. The molecule has 4 nitrogen and oxygen atoms in total. The van der Waals surface area contributed by atoms with Gasteiger partial charge in [0, 0.05) is 16.7 Å². The summed E-state index contributed by atoms with van der Waals surface area (Å²) in [5.41, 5.74) is 6.90. The summed E-state index contributed by atoms with van der Waals surface area (Å²) in [5.74, 6) is 0.579. The second kappa shape index (κ2) is 6.06. The molecule has 1 atom stereocenters. The van der Waals surface area contributed by atoms with Crippen LogP contribution in [0.1, 0.15) is 31.7 Å². The molecule has 1 heterocycles. The zero-order chi connectivity index (χ0) is 14.7. The molecule has 5 heteroatoms. The van der Waals surface area contributed by atoms with Gasteiger partial charge >= 0.3 is 0 Å². The Morgan fingerprint density at radius 1 is 1.38 bits per heavy atom. The van der Waals surface area contributed by atoms with E-state index in [1.165, 1.54) is 18.6 Å². The molecule has 1 fully saturated rings. The third-order valence-corrected chi connectivity index (χ3v) is 4.49. The maximum absolute atomic E-state index is 8.81. The topological polar surface area (TPSA) is 61.1 Å². The normalized spacial score (nSPS) is 19.6. The van der Waals surface area contributed by atoms with Gasteiger partial charge in [0.25, 0.3) is 0 Å².